The van der Waals surface area contributed by atoms with Gasteiger partial charge < -0.3 is 4.48 Å². The molecule has 0 fully saturated rings. The Balaban J connectivity index is 2.77. The lowest BCUT2D eigenvalue weighted by Gasteiger charge is -2.23. The van der Waals surface area contributed by atoms with Crippen LogP contribution in [0, 0.1) is 6.92 Å². The van der Waals surface area contributed by atoms with Crippen LogP contribution in [0.5, 0.6) is 0 Å². The first-order chi connectivity index (χ1) is 8.36. The molecule has 0 aliphatic carbocycles. The van der Waals surface area contributed by atoms with E-state index in [2.05, 4.69) is 31.8 Å². The lowest BCUT2D eigenvalue weighted by atomic mass is 9.82. The van der Waals surface area contributed by atoms with E-state index >= 15 is 0 Å². The molecule has 0 N–H and O–H groups in total. The molecule has 0 bridgehead atoms. The van der Waals surface area contributed by atoms with Crippen LogP contribution in [0.25, 0.3) is 10.9 Å². The minimum atomic E-state index is 0.0336. The molecule has 94 valence electrons. The van der Waals surface area contributed by atoms with Gasteiger partial charge in [-0.05, 0) is 36.5 Å². The van der Waals surface area contributed by atoms with Gasteiger partial charge in [-0.25, -0.2) is 4.98 Å². The fourth-order valence-electron chi connectivity index (χ4n) is 2.01. The first-order valence-electron chi connectivity index (χ1n) is 6.34. The van der Waals surface area contributed by atoms with Crippen molar-refractivity contribution in [2.45, 2.75) is 39.5 Å². The van der Waals surface area contributed by atoms with Gasteiger partial charge in [-0.1, -0.05) is 26.8 Å². The molecule has 0 amide bonds. The molecule has 0 saturated carbocycles. The molecule has 0 aliphatic heterocycles. The third kappa shape index (κ3) is 1.96. The number of fused-ring (bicyclic) bond motifs is 1. The van der Waals surface area contributed by atoms with Gasteiger partial charge in [0.2, 0.25) is 13.5 Å². The van der Waals surface area contributed by atoms with Crippen LogP contribution in [0.15, 0.2) is 23.0 Å². The Morgan fingerprint density at radius 3 is 2.67 bits per heavy atom. The Hall–Kier alpha value is -1.58. The first kappa shape index (κ1) is 12.9. The molecule has 2 aromatic rings. The lowest BCUT2D eigenvalue weighted by molar-refractivity contribution is 0.507. The van der Waals surface area contributed by atoms with Crippen LogP contribution in [0.1, 0.15) is 38.6 Å². The molecule has 0 spiro atoms. The predicted molar refractivity (Wildman–Crippen MR) is 78.0 cm³/mol. The van der Waals surface area contributed by atoms with Crippen LogP contribution in [0.4, 0.5) is 0 Å². The van der Waals surface area contributed by atoms with Gasteiger partial charge in [0.05, 0.1) is 16.7 Å². The molecule has 2 rings (SSSR count). The summed E-state index contributed by atoms with van der Waals surface area (Å²) in [6, 6.07) is 6.03. The minimum Gasteiger partial charge on any atom is -0.350 e. The zero-order chi connectivity index (χ0) is 13.5. The van der Waals surface area contributed by atoms with Gasteiger partial charge in [0.1, 0.15) is 0 Å². The predicted octanol–water partition coefficient (Wildman–Crippen LogP) is 1.79. The van der Waals surface area contributed by atoms with Crippen LogP contribution in [0.2, 0.25) is 0 Å². The number of benzene rings is 1. The maximum Gasteiger partial charge on any atom is 0.248 e. The molecule has 0 unspecified atom stereocenters. The Labute approximate surface area is 108 Å². The zero-order valence-electron chi connectivity index (χ0n) is 11.7. The highest BCUT2D eigenvalue weighted by atomic mass is 16.1. The third-order valence-corrected chi connectivity index (χ3v) is 3.96. The van der Waals surface area contributed by atoms with Crippen molar-refractivity contribution >= 4 is 18.9 Å². The van der Waals surface area contributed by atoms with Crippen molar-refractivity contribution in [2.75, 3.05) is 0 Å². The van der Waals surface area contributed by atoms with Gasteiger partial charge in [0.25, 0.3) is 0 Å². The van der Waals surface area contributed by atoms with Gasteiger partial charge in [0.15, 0.2) is 0 Å². The van der Waals surface area contributed by atoms with E-state index in [0.29, 0.717) is 5.39 Å². The summed E-state index contributed by atoms with van der Waals surface area (Å²) in [5, 5.41) is 0.710. The minimum absolute atomic E-state index is 0.0336. The first-order valence-corrected chi connectivity index (χ1v) is 6.34. The molecule has 4 heteroatoms. The molecule has 0 atom stereocenters. The summed E-state index contributed by atoms with van der Waals surface area (Å²) in [6.07, 6.45) is 1.04. The normalized spacial score (nSPS) is 12.0. The third-order valence-electron chi connectivity index (χ3n) is 3.96. The van der Waals surface area contributed by atoms with E-state index in [-0.39, 0.29) is 11.0 Å². The average Bonchev–Trinajstić information content (AvgIpc) is 2.35. The highest BCUT2D eigenvalue weighted by molar-refractivity contribution is 6.07. The number of aryl methyl sites for hydroxylation is 1. The van der Waals surface area contributed by atoms with Crippen molar-refractivity contribution in [1.82, 2.24) is 9.46 Å². The van der Waals surface area contributed by atoms with E-state index in [1.165, 1.54) is 5.56 Å². The average molecular weight is 242 g/mol. The molecule has 1 aromatic carbocycles. The Kier molecular flexibility index (Phi) is 3.05. The van der Waals surface area contributed by atoms with Crippen molar-refractivity contribution in [3.63, 3.8) is 0 Å². The summed E-state index contributed by atoms with van der Waals surface area (Å²) in [4.78, 5) is 16.7. The summed E-state index contributed by atoms with van der Waals surface area (Å²) >= 11 is 0. The second kappa shape index (κ2) is 4.27. The Morgan fingerprint density at radius 1 is 1.39 bits per heavy atom. The van der Waals surface area contributed by atoms with Gasteiger partial charge in [-0.3, -0.25) is 4.79 Å². The van der Waals surface area contributed by atoms with Crippen LogP contribution in [0.3, 0.4) is 0 Å². The second-order valence-corrected chi connectivity index (χ2v) is 5.49. The topological polar surface area (TPSA) is 34.9 Å². The molecule has 0 saturated heterocycles. The van der Waals surface area contributed by atoms with Crippen molar-refractivity contribution in [2.24, 2.45) is 0 Å². The quantitative estimate of drug-likeness (QED) is 0.752. The highest BCUT2D eigenvalue weighted by Gasteiger charge is 2.19. The van der Waals surface area contributed by atoms with Gasteiger partial charge >= 0.3 is 0 Å². The number of hydrogen-bond acceptors (Lipinski definition) is 2. The molecule has 0 aliphatic rings. The van der Waals surface area contributed by atoms with Crippen molar-refractivity contribution in [3.05, 3.63) is 39.9 Å². The van der Waals surface area contributed by atoms with E-state index in [4.69, 9.17) is 0 Å². The van der Waals surface area contributed by atoms with Gasteiger partial charge in [-0.2, -0.15) is 0 Å². The fourth-order valence-corrected chi connectivity index (χ4v) is 2.01. The molecule has 1 aromatic heterocycles. The van der Waals surface area contributed by atoms with Gasteiger partial charge in [-0.15, -0.1) is 0 Å². The molecule has 0 radical (unpaired) electrons. The maximum atomic E-state index is 12.2. The molecular formula is C14H19BN2O. The van der Waals surface area contributed by atoms with Crippen LogP contribution < -0.4 is 5.56 Å². The largest absolute Gasteiger partial charge is 0.350 e. The fraction of sp³-hybridized carbons (Fsp3) is 0.429. The Bertz CT molecular complexity index is 659. The van der Waals surface area contributed by atoms with Crippen molar-refractivity contribution < 1.29 is 0 Å². The van der Waals surface area contributed by atoms with Crippen molar-refractivity contribution in [1.29, 1.82) is 0 Å². The summed E-state index contributed by atoms with van der Waals surface area (Å²) in [5.74, 6) is 0.745. The van der Waals surface area contributed by atoms with Crippen LogP contribution in [-0.4, -0.2) is 17.4 Å². The number of nitrogens with zero attached hydrogens (tertiary/aromatic N) is 2. The van der Waals surface area contributed by atoms with Crippen LogP contribution in [-0.2, 0) is 5.41 Å². The molecule has 3 nitrogen and oxygen atoms in total. The summed E-state index contributed by atoms with van der Waals surface area (Å²) in [6.45, 7) is 8.40. The highest BCUT2D eigenvalue weighted by Crippen LogP contribution is 2.28. The second-order valence-electron chi connectivity index (χ2n) is 5.49. The number of rotatable bonds is 2. The monoisotopic (exact) mass is 242 g/mol. The summed E-state index contributed by atoms with van der Waals surface area (Å²) in [7, 11) is 1.77. The van der Waals surface area contributed by atoms with E-state index in [0.717, 1.165) is 17.8 Å². The number of hydrogen-bond donors (Lipinski definition) is 0. The van der Waals surface area contributed by atoms with E-state index in [1.54, 1.807) is 12.5 Å². The number of aromatic nitrogens is 2. The SMILES string of the molecule is Bn1c(C)nc2ccc(C(C)(C)CC)cc2c1=O. The Morgan fingerprint density at radius 2 is 2.06 bits per heavy atom. The van der Waals surface area contributed by atoms with Crippen LogP contribution >= 0.6 is 0 Å². The van der Waals surface area contributed by atoms with Gasteiger partial charge in [0, 0.05) is 0 Å². The maximum absolute atomic E-state index is 12.2. The van der Waals surface area contributed by atoms with E-state index < -0.39 is 0 Å². The molecular weight excluding hydrogens is 223 g/mol. The standard InChI is InChI=1S/C14H19BN2O/c1-5-14(3,4)10-6-7-12-11(8-10)13(18)17(15)9(2)16-12/h6-8H,5,15H2,1-4H3. The molecule has 1 heterocycles. The van der Waals surface area contributed by atoms with E-state index in [1.807, 2.05) is 19.1 Å². The summed E-state index contributed by atoms with van der Waals surface area (Å²) < 4.78 is 1.60. The zero-order valence-corrected chi connectivity index (χ0v) is 11.7. The lowest BCUT2D eigenvalue weighted by Crippen LogP contribution is -2.23. The smallest absolute Gasteiger partial charge is 0.248 e. The van der Waals surface area contributed by atoms with Crippen molar-refractivity contribution in [3.8, 4) is 0 Å². The summed E-state index contributed by atoms with van der Waals surface area (Å²) in [5.41, 5.74) is 2.10. The molecule has 18 heavy (non-hydrogen) atoms. The van der Waals surface area contributed by atoms with E-state index in [9.17, 15) is 4.79 Å².